The van der Waals surface area contributed by atoms with E-state index >= 15 is 0 Å². The Balaban J connectivity index is 1.36. The average molecular weight is 414 g/mol. The van der Waals surface area contributed by atoms with Gasteiger partial charge in [0.25, 0.3) is 11.1 Å². The number of aromatic nitrogens is 2. The van der Waals surface area contributed by atoms with Crippen molar-refractivity contribution in [2.24, 2.45) is 5.92 Å². The van der Waals surface area contributed by atoms with Crippen LogP contribution in [0.15, 0.2) is 46.0 Å². The number of benzene rings is 1. The lowest BCUT2D eigenvalue weighted by atomic mass is 9.90. The number of carbonyl (C=O) groups excluding carboxylic acids is 1. The predicted molar refractivity (Wildman–Crippen MR) is 112 cm³/mol. The van der Waals surface area contributed by atoms with Gasteiger partial charge in [0.15, 0.2) is 0 Å². The van der Waals surface area contributed by atoms with Gasteiger partial charge < -0.3 is 9.73 Å². The van der Waals surface area contributed by atoms with Crippen molar-refractivity contribution in [1.29, 1.82) is 0 Å². The molecule has 0 spiro atoms. The molecule has 1 amide bonds. The van der Waals surface area contributed by atoms with E-state index in [0.29, 0.717) is 17.7 Å². The van der Waals surface area contributed by atoms with E-state index in [4.69, 9.17) is 4.42 Å². The first-order valence-electron chi connectivity index (χ1n) is 9.52. The van der Waals surface area contributed by atoms with Gasteiger partial charge in [-0.1, -0.05) is 49.0 Å². The molecule has 0 unspecified atom stereocenters. The van der Waals surface area contributed by atoms with Crippen molar-refractivity contribution in [3.8, 4) is 10.8 Å². The third kappa shape index (κ3) is 4.47. The van der Waals surface area contributed by atoms with Gasteiger partial charge in [-0.3, -0.25) is 4.79 Å². The van der Waals surface area contributed by atoms with Crippen molar-refractivity contribution >= 4 is 29.0 Å². The van der Waals surface area contributed by atoms with Crippen molar-refractivity contribution in [3.05, 3.63) is 52.4 Å². The largest absolute Gasteiger partial charge is 0.410 e. The molecule has 2 atom stereocenters. The highest BCUT2D eigenvalue weighted by molar-refractivity contribution is 8.00. The molecule has 5 nitrogen and oxygen atoms in total. The SMILES string of the molecule is C[C@@H]1CCc2sc(-c3nnc(S[C@@H](C)C(=O)NCc4ccccc4)o3)cc2C1. The molecule has 0 radical (unpaired) electrons. The third-order valence-electron chi connectivity index (χ3n) is 4.90. The van der Waals surface area contributed by atoms with Crippen molar-refractivity contribution in [1.82, 2.24) is 15.5 Å². The summed E-state index contributed by atoms with van der Waals surface area (Å²) < 4.78 is 5.83. The Morgan fingerprint density at radius 3 is 3.00 bits per heavy atom. The van der Waals surface area contributed by atoms with Crippen LogP contribution >= 0.6 is 23.1 Å². The van der Waals surface area contributed by atoms with E-state index in [1.54, 1.807) is 11.3 Å². The smallest absolute Gasteiger partial charge is 0.277 e. The van der Waals surface area contributed by atoms with Crippen molar-refractivity contribution in [2.45, 2.75) is 50.1 Å². The number of hydrogen-bond acceptors (Lipinski definition) is 6. The highest BCUT2D eigenvalue weighted by Crippen LogP contribution is 2.37. The van der Waals surface area contributed by atoms with Gasteiger partial charge in [-0.25, -0.2) is 0 Å². The van der Waals surface area contributed by atoms with E-state index < -0.39 is 0 Å². The second-order valence-corrected chi connectivity index (χ2v) is 9.67. The minimum absolute atomic E-state index is 0.0471. The fraction of sp³-hybridized carbons (Fsp3) is 0.381. The molecule has 2 heterocycles. The van der Waals surface area contributed by atoms with E-state index in [1.165, 1.54) is 28.6 Å². The molecule has 2 aromatic heterocycles. The van der Waals surface area contributed by atoms with E-state index in [2.05, 4.69) is 28.5 Å². The zero-order chi connectivity index (χ0) is 19.5. The maximum absolute atomic E-state index is 12.3. The summed E-state index contributed by atoms with van der Waals surface area (Å²) in [6, 6.07) is 12.0. The topological polar surface area (TPSA) is 68.0 Å². The monoisotopic (exact) mass is 413 g/mol. The van der Waals surface area contributed by atoms with Crippen LogP contribution in [0.1, 0.15) is 36.3 Å². The molecule has 4 rings (SSSR count). The molecule has 0 bridgehead atoms. The fourth-order valence-electron chi connectivity index (χ4n) is 3.30. The molecule has 0 aliphatic heterocycles. The number of amides is 1. The van der Waals surface area contributed by atoms with Gasteiger partial charge in [0, 0.05) is 11.4 Å². The van der Waals surface area contributed by atoms with Crippen molar-refractivity contribution in [2.75, 3.05) is 0 Å². The van der Waals surface area contributed by atoms with Crippen LogP contribution in [-0.4, -0.2) is 21.4 Å². The number of carbonyl (C=O) groups is 1. The summed E-state index contributed by atoms with van der Waals surface area (Å²) in [5, 5.41) is 11.4. The molecule has 28 heavy (non-hydrogen) atoms. The Morgan fingerprint density at radius 1 is 1.36 bits per heavy atom. The lowest BCUT2D eigenvalue weighted by Gasteiger charge is -2.16. The number of thioether (sulfide) groups is 1. The highest BCUT2D eigenvalue weighted by atomic mass is 32.2. The van der Waals surface area contributed by atoms with Gasteiger partial charge in [0.05, 0.1) is 10.1 Å². The summed E-state index contributed by atoms with van der Waals surface area (Å²) in [6.07, 6.45) is 3.50. The molecule has 1 aliphatic carbocycles. The number of aryl methyl sites for hydroxylation is 1. The molecule has 0 saturated carbocycles. The number of rotatable bonds is 6. The number of nitrogens with zero attached hydrogens (tertiary/aromatic N) is 2. The summed E-state index contributed by atoms with van der Waals surface area (Å²) in [6.45, 7) is 4.66. The van der Waals surface area contributed by atoms with Crippen LogP contribution in [0.25, 0.3) is 10.8 Å². The van der Waals surface area contributed by atoms with Crippen LogP contribution in [-0.2, 0) is 24.2 Å². The first-order valence-corrected chi connectivity index (χ1v) is 11.2. The molecule has 1 aliphatic rings. The van der Waals surface area contributed by atoms with Crippen LogP contribution in [0.5, 0.6) is 0 Å². The van der Waals surface area contributed by atoms with Gasteiger partial charge in [0.1, 0.15) is 0 Å². The number of hydrogen-bond donors (Lipinski definition) is 1. The zero-order valence-electron chi connectivity index (χ0n) is 16.0. The lowest BCUT2D eigenvalue weighted by molar-refractivity contribution is -0.120. The fourth-order valence-corrected chi connectivity index (χ4v) is 5.14. The van der Waals surface area contributed by atoms with Crippen molar-refractivity contribution < 1.29 is 9.21 Å². The van der Waals surface area contributed by atoms with Crippen LogP contribution in [0.4, 0.5) is 0 Å². The zero-order valence-corrected chi connectivity index (χ0v) is 17.6. The molecule has 0 saturated heterocycles. The standard InChI is InChI=1S/C21H23N3O2S2/c1-13-8-9-17-16(10-13)11-18(28-17)20-23-24-21(26-20)27-14(2)19(25)22-12-15-6-4-3-5-7-15/h3-7,11,13-14H,8-10,12H2,1-2H3,(H,22,25)/t13-,14+/m1/s1. The minimum atomic E-state index is -0.311. The second-order valence-electron chi connectivity index (χ2n) is 7.24. The summed E-state index contributed by atoms with van der Waals surface area (Å²) >= 11 is 3.04. The normalized spacial score (nSPS) is 17.1. The van der Waals surface area contributed by atoms with Gasteiger partial charge >= 0.3 is 0 Å². The van der Waals surface area contributed by atoms with Crippen LogP contribution < -0.4 is 5.32 Å². The molecule has 146 valence electrons. The molecule has 0 fully saturated rings. The Hall–Kier alpha value is -2.12. The number of fused-ring (bicyclic) bond motifs is 1. The Bertz CT molecular complexity index is 952. The van der Waals surface area contributed by atoms with Gasteiger partial charge in [-0.15, -0.1) is 21.5 Å². The van der Waals surface area contributed by atoms with Crippen LogP contribution in [0.2, 0.25) is 0 Å². The van der Waals surface area contributed by atoms with Crippen LogP contribution in [0.3, 0.4) is 0 Å². The predicted octanol–water partition coefficient (Wildman–Crippen LogP) is 4.72. The lowest BCUT2D eigenvalue weighted by Crippen LogP contribution is -2.30. The maximum atomic E-state index is 12.3. The summed E-state index contributed by atoms with van der Waals surface area (Å²) in [5.41, 5.74) is 2.49. The Labute approximate surface area is 173 Å². The molecular weight excluding hydrogens is 390 g/mol. The Kier molecular flexibility index (Phi) is 5.82. The van der Waals surface area contributed by atoms with Gasteiger partial charge in [0.2, 0.25) is 5.91 Å². The van der Waals surface area contributed by atoms with Crippen molar-refractivity contribution in [3.63, 3.8) is 0 Å². The van der Waals surface area contributed by atoms with Gasteiger partial charge in [-0.2, -0.15) is 0 Å². The quantitative estimate of drug-likeness (QED) is 0.592. The minimum Gasteiger partial charge on any atom is -0.410 e. The molecule has 3 aromatic rings. The third-order valence-corrected chi connectivity index (χ3v) is 7.06. The molecule has 1 N–H and O–H groups in total. The maximum Gasteiger partial charge on any atom is 0.277 e. The number of nitrogens with one attached hydrogen (secondary N) is 1. The molecule has 1 aromatic carbocycles. The summed E-state index contributed by atoms with van der Waals surface area (Å²) in [4.78, 5) is 14.8. The van der Waals surface area contributed by atoms with E-state index in [0.717, 1.165) is 29.2 Å². The number of thiophene rings is 1. The second kappa shape index (κ2) is 8.49. The van der Waals surface area contributed by atoms with E-state index in [9.17, 15) is 4.79 Å². The molecular formula is C21H23N3O2S2. The summed E-state index contributed by atoms with van der Waals surface area (Å²) in [7, 11) is 0. The first-order chi connectivity index (χ1) is 13.6. The highest BCUT2D eigenvalue weighted by Gasteiger charge is 2.22. The Morgan fingerprint density at radius 2 is 2.18 bits per heavy atom. The van der Waals surface area contributed by atoms with Crippen LogP contribution in [0, 0.1) is 5.92 Å². The van der Waals surface area contributed by atoms with E-state index in [1.807, 2.05) is 37.3 Å². The molecule has 7 heteroatoms. The summed E-state index contributed by atoms with van der Waals surface area (Å²) in [5.74, 6) is 1.24. The first kappa shape index (κ1) is 19.2. The average Bonchev–Trinajstić information content (AvgIpc) is 3.33. The van der Waals surface area contributed by atoms with Gasteiger partial charge in [-0.05, 0) is 49.3 Å². The van der Waals surface area contributed by atoms with E-state index in [-0.39, 0.29) is 11.2 Å².